The molecule has 7 nitrogen and oxygen atoms in total. The second-order valence-corrected chi connectivity index (χ2v) is 7.18. The fourth-order valence-electron chi connectivity index (χ4n) is 3.11. The van der Waals surface area contributed by atoms with Gasteiger partial charge in [0.1, 0.15) is 28.6 Å². The molecule has 32 heavy (non-hydrogen) atoms. The lowest BCUT2D eigenvalue weighted by molar-refractivity contribution is -0.122. The van der Waals surface area contributed by atoms with Crippen LogP contribution in [-0.4, -0.2) is 29.1 Å². The molecule has 0 radical (unpaired) electrons. The molecule has 1 heterocycles. The van der Waals surface area contributed by atoms with Crippen molar-refractivity contribution in [3.63, 3.8) is 0 Å². The van der Waals surface area contributed by atoms with Crippen molar-refractivity contribution in [1.29, 1.82) is 0 Å². The van der Waals surface area contributed by atoms with Crippen molar-refractivity contribution in [2.75, 3.05) is 12.0 Å². The molecule has 4 rings (SSSR count). The highest BCUT2D eigenvalue weighted by molar-refractivity contribution is 7.80. The summed E-state index contributed by atoms with van der Waals surface area (Å²) in [5.41, 5.74) is 0.595. The summed E-state index contributed by atoms with van der Waals surface area (Å²) >= 11 is 5.23. The number of nitrogens with one attached hydrogen (secondary N) is 1. The average molecular weight is 446 g/mol. The number of phenols is 1. The summed E-state index contributed by atoms with van der Waals surface area (Å²) in [5.74, 6) is 0.338. The number of rotatable bonds is 5. The Morgan fingerprint density at radius 3 is 2.25 bits per heavy atom. The van der Waals surface area contributed by atoms with Crippen molar-refractivity contribution in [2.24, 2.45) is 0 Å². The van der Waals surface area contributed by atoms with Crippen LogP contribution in [0.1, 0.15) is 5.56 Å². The summed E-state index contributed by atoms with van der Waals surface area (Å²) in [4.78, 5) is 26.8. The van der Waals surface area contributed by atoms with E-state index in [4.69, 9.17) is 21.7 Å². The maximum atomic E-state index is 13.1. The fourth-order valence-corrected chi connectivity index (χ4v) is 3.39. The number of carbonyl (C=O) groups excluding carboxylic acids is 2. The quantitative estimate of drug-likeness (QED) is 0.350. The maximum Gasteiger partial charge on any atom is 0.270 e. The SMILES string of the molecule is COc1ccc(C=C2C(=O)NC(=S)N(c3ccc(Oc4ccccc4)cc3)C2=O)c(O)c1. The van der Waals surface area contributed by atoms with E-state index in [1.165, 1.54) is 24.2 Å². The monoisotopic (exact) mass is 446 g/mol. The Morgan fingerprint density at radius 1 is 0.938 bits per heavy atom. The molecule has 0 aromatic heterocycles. The third kappa shape index (κ3) is 4.30. The first-order valence-electron chi connectivity index (χ1n) is 9.57. The zero-order chi connectivity index (χ0) is 22.7. The van der Waals surface area contributed by atoms with Crippen LogP contribution in [0.3, 0.4) is 0 Å². The van der Waals surface area contributed by atoms with Gasteiger partial charge in [-0.2, -0.15) is 0 Å². The standard InChI is InChI=1S/C24H18N2O5S/c1-30-19-10-7-15(21(27)14-19)13-20-22(28)25-24(32)26(23(20)29)16-8-11-18(12-9-16)31-17-5-3-2-4-6-17/h2-14,27H,1H3,(H,25,28,32). The third-order valence-corrected chi connectivity index (χ3v) is 5.00. The zero-order valence-electron chi connectivity index (χ0n) is 16.9. The van der Waals surface area contributed by atoms with Gasteiger partial charge in [0.15, 0.2) is 5.11 Å². The normalized spacial score (nSPS) is 15.0. The molecule has 3 aromatic carbocycles. The summed E-state index contributed by atoms with van der Waals surface area (Å²) in [5, 5.41) is 12.7. The molecule has 8 heteroatoms. The van der Waals surface area contributed by atoms with Crippen LogP contribution in [0.4, 0.5) is 5.69 Å². The van der Waals surface area contributed by atoms with Crippen molar-refractivity contribution in [2.45, 2.75) is 0 Å². The molecule has 160 valence electrons. The van der Waals surface area contributed by atoms with Crippen LogP contribution in [0, 0.1) is 0 Å². The van der Waals surface area contributed by atoms with Crippen molar-refractivity contribution in [1.82, 2.24) is 5.32 Å². The first-order chi connectivity index (χ1) is 15.5. The van der Waals surface area contributed by atoms with Gasteiger partial charge in [-0.05, 0) is 66.8 Å². The van der Waals surface area contributed by atoms with E-state index in [1.54, 1.807) is 36.4 Å². The minimum absolute atomic E-state index is 0.0344. The average Bonchev–Trinajstić information content (AvgIpc) is 2.79. The predicted octanol–water partition coefficient (Wildman–Crippen LogP) is 4.02. The highest BCUT2D eigenvalue weighted by Crippen LogP contribution is 2.29. The number of ether oxygens (including phenoxy) is 2. The molecule has 1 fully saturated rings. The second-order valence-electron chi connectivity index (χ2n) is 6.79. The molecule has 3 aromatic rings. The van der Waals surface area contributed by atoms with Gasteiger partial charge in [-0.1, -0.05) is 18.2 Å². The molecule has 1 aliphatic heterocycles. The number of nitrogens with zero attached hydrogens (tertiary/aromatic N) is 1. The number of anilines is 1. The first kappa shape index (κ1) is 21.1. The Hall–Kier alpha value is -4.17. The Kier molecular flexibility index (Phi) is 5.87. The van der Waals surface area contributed by atoms with Gasteiger partial charge in [0.05, 0.1) is 12.8 Å². The van der Waals surface area contributed by atoms with Crippen LogP contribution in [0.15, 0.2) is 78.4 Å². The van der Waals surface area contributed by atoms with Crippen LogP contribution in [0.5, 0.6) is 23.0 Å². The molecule has 0 saturated carbocycles. The van der Waals surface area contributed by atoms with E-state index in [0.717, 1.165) is 0 Å². The predicted molar refractivity (Wildman–Crippen MR) is 124 cm³/mol. The minimum atomic E-state index is -0.643. The van der Waals surface area contributed by atoms with E-state index in [2.05, 4.69) is 5.32 Å². The van der Waals surface area contributed by atoms with Crippen molar-refractivity contribution >= 4 is 40.9 Å². The van der Waals surface area contributed by atoms with E-state index in [0.29, 0.717) is 28.5 Å². The van der Waals surface area contributed by atoms with E-state index in [1.807, 2.05) is 30.3 Å². The Labute approximate surface area is 189 Å². The van der Waals surface area contributed by atoms with Crippen molar-refractivity contribution < 1.29 is 24.2 Å². The molecule has 2 N–H and O–H groups in total. The molecule has 0 aliphatic carbocycles. The molecular formula is C24H18N2O5S. The largest absolute Gasteiger partial charge is 0.507 e. The number of aromatic hydroxyl groups is 1. The number of carbonyl (C=O) groups is 2. The van der Waals surface area contributed by atoms with Gasteiger partial charge in [-0.25, -0.2) is 0 Å². The molecule has 1 saturated heterocycles. The third-order valence-electron chi connectivity index (χ3n) is 4.71. The number of phenolic OH excluding ortho intramolecular Hbond substituents is 1. The van der Waals surface area contributed by atoms with Crippen molar-refractivity contribution in [3.8, 4) is 23.0 Å². The van der Waals surface area contributed by atoms with E-state index in [-0.39, 0.29) is 16.4 Å². The summed E-state index contributed by atoms with van der Waals surface area (Å²) in [7, 11) is 1.47. The van der Waals surface area contributed by atoms with Crippen LogP contribution in [0.25, 0.3) is 6.08 Å². The number of amides is 2. The lowest BCUT2D eigenvalue weighted by Crippen LogP contribution is -2.54. The van der Waals surface area contributed by atoms with Gasteiger partial charge < -0.3 is 14.6 Å². The summed E-state index contributed by atoms with van der Waals surface area (Å²) < 4.78 is 10.8. The highest BCUT2D eigenvalue weighted by Gasteiger charge is 2.34. The van der Waals surface area contributed by atoms with Crippen LogP contribution >= 0.6 is 12.2 Å². The second kappa shape index (κ2) is 8.91. The van der Waals surface area contributed by atoms with E-state index < -0.39 is 11.8 Å². The van der Waals surface area contributed by atoms with Crippen LogP contribution in [-0.2, 0) is 9.59 Å². The highest BCUT2D eigenvalue weighted by atomic mass is 32.1. The molecule has 0 unspecified atom stereocenters. The van der Waals surface area contributed by atoms with Crippen LogP contribution < -0.4 is 19.7 Å². The zero-order valence-corrected chi connectivity index (χ0v) is 17.8. The van der Waals surface area contributed by atoms with Gasteiger partial charge in [-0.3, -0.25) is 19.8 Å². The summed E-state index contributed by atoms with van der Waals surface area (Å²) in [6, 6.07) is 20.6. The Morgan fingerprint density at radius 2 is 1.59 bits per heavy atom. The topological polar surface area (TPSA) is 88.1 Å². The number of hydrogen-bond acceptors (Lipinski definition) is 6. The smallest absolute Gasteiger partial charge is 0.270 e. The molecule has 1 aliphatic rings. The van der Waals surface area contributed by atoms with E-state index in [9.17, 15) is 14.7 Å². The number of benzene rings is 3. The number of thiocarbonyl (C=S) groups is 1. The van der Waals surface area contributed by atoms with Gasteiger partial charge in [0.25, 0.3) is 11.8 Å². The maximum absolute atomic E-state index is 13.1. The lowest BCUT2D eigenvalue weighted by Gasteiger charge is -2.29. The fraction of sp³-hybridized carbons (Fsp3) is 0.0417. The molecular weight excluding hydrogens is 428 g/mol. The van der Waals surface area contributed by atoms with E-state index >= 15 is 0 Å². The minimum Gasteiger partial charge on any atom is -0.507 e. The van der Waals surface area contributed by atoms with Gasteiger partial charge in [-0.15, -0.1) is 0 Å². The number of para-hydroxylation sites is 1. The number of methoxy groups -OCH3 is 1. The van der Waals surface area contributed by atoms with Gasteiger partial charge in [0, 0.05) is 11.6 Å². The first-order valence-corrected chi connectivity index (χ1v) is 9.98. The molecule has 0 bridgehead atoms. The van der Waals surface area contributed by atoms with Gasteiger partial charge in [0.2, 0.25) is 0 Å². The molecule has 2 amide bonds. The number of hydrogen-bond donors (Lipinski definition) is 2. The van der Waals surface area contributed by atoms with Crippen LogP contribution in [0.2, 0.25) is 0 Å². The van der Waals surface area contributed by atoms with Gasteiger partial charge >= 0.3 is 0 Å². The van der Waals surface area contributed by atoms with Crippen molar-refractivity contribution in [3.05, 3.63) is 83.9 Å². The molecule has 0 spiro atoms. The lowest BCUT2D eigenvalue weighted by atomic mass is 10.1. The Balaban J connectivity index is 1.61. The Bertz CT molecular complexity index is 1220. The summed E-state index contributed by atoms with van der Waals surface area (Å²) in [6.45, 7) is 0. The summed E-state index contributed by atoms with van der Waals surface area (Å²) in [6.07, 6.45) is 1.31. The molecule has 0 atom stereocenters.